The van der Waals surface area contributed by atoms with Crippen LogP contribution in [0, 0.1) is 0 Å². The zero-order valence-electron chi connectivity index (χ0n) is 8.39. The molecule has 0 aliphatic heterocycles. The average molecular weight is 236 g/mol. The molecular formula is C10H11F3OS. The van der Waals surface area contributed by atoms with Crippen molar-refractivity contribution >= 4 is 11.8 Å². The fraction of sp³-hybridized carbons (Fsp3) is 0.400. The second kappa shape index (κ2) is 4.79. The van der Waals surface area contributed by atoms with Crippen LogP contribution < -0.4 is 4.74 Å². The van der Waals surface area contributed by atoms with Gasteiger partial charge in [0.05, 0.1) is 13.5 Å². The summed E-state index contributed by atoms with van der Waals surface area (Å²) in [5.41, 5.74) is 0.169. The van der Waals surface area contributed by atoms with Crippen molar-refractivity contribution in [1.82, 2.24) is 0 Å². The molecule has 0 aromatic heterocycles. The van der Waals surface area contributed by atoms with Gasteiger partial charge in [-0.2, -0.15) is 13.2 Å². The lowest BCUT2D eigenvalue weighted by molar-refractivity contribution is -0.127. The highest BCUT2D eigenvalue weighted by atomic mass is 32.2. The summed E-state index contributed by atoms with van der Waals surface area (Å²) in [5.74, 6) is 0.291. The van der Waals surface area contributed by atoms with Crippen molar-refractivity contribution in [1.29, 1.82) is 0 Å². The third kappa shape index (κ3) is 3.66. The number of halogens is 3. The third-order valence-corrected chi connectivity index (χ3v) is 2.61. The van der Waals surface area contributed by atoms with E-state index < -0.39 is 12.6 Å². The van der Waals surface area contributed by atoms with Crippen LogP contribution in [0.1, 0.15) is 5.56 Å². The van der Waals surface area contributed by atoms with Crippen LogP contribution in [-0.2, 0) is 6.42 Å². The summed E-state index contributed by atoms with van der Waals surface area (Å²) in [6, 6.07) is 4.73. The molecule has 0 bridgehead atoms. The summed E-state index contributed by atoms with van der Waals surface area (Å²) in [6.45, 7) is 0. The fourth-order valence-electron chi connectivity index (χ4n) is 1.21. The Morgan fingerprint density at radius 3 is 2.47 bits per heavy atom. The standard InChI is InChI=1S/C10H11F3OS/c1-14-9-5-8(15-2)4-3-7(9)6-10(11,12)13/h3-5H,6H2,1-2H3. The molecule has 1 aromatic carbocycles. The summed E-state index contributed by atoms with van der Waals surface area (Å²) in [7, 11) is 1.37. The zero-order valence-corrected chi connectivity index (χ0v) is 9.21. The highest BCUT2D eigenvalue weighted by Crippen LogP contribution is 2.30. The van der Waals surface area contributed by atoms with E-state index in [1.54, 1.807) is 12.1 Å². The van der Waals surface area contributed by atoms with Crippen LogP contribution in [-0.4, -0.2) is 19.5 Å². The Labute approximate surface area is 90.6 Å². The van der Waals surface area contributed by atoms with Crippen LogP contribution in [0.2, 0.25) is 0 Å². The minimum absolute atomic E-state index is 0.169. The minimum Gasteiger partial charge on any atom is -0.496 e. The van der Waals surface area contributed by atoms with Crippen molar-refractivity contribution in [3.05, 3.63) is 23.8 Å². The molecule has 0 spiro atoms. The van der Waals surface area contributed by atoms with E-state index in [1.165, 1.54) is 24.9 Å². The van der Waals surface area contributed by atoms with Crippen LogP contribution >= 0.6 is 11.8 Å². The summed E-state index contributed by atoms with van der Waals surface area (Å²) in [6.07, 6.45) is -3.29. The lowest BCUT2D eigenvalue weighted by Gasteiger charge is -2.11. The molecule has 5 heteroatoms. The molecule has 0 heterocycles. The highest BCUT2D eigenvalue weighted by Gasteiger charge is 2.29. The topological polar surface area (TPSA) is 9.23 Å². The number of benzene rings is 1. The molecule has 15 heavy (non-hydrogen) atoms. The van der Waals surface area contributed by atoms with Gasteiger partial charge in [0.1, 0.15) is 5.75 Å². The van der Waals surface area contributed by atoms with Crippen LogP contribution in [0.25, 0.3) is 0 Å². The molecule has 0 atom stereocenters. The molecule has 0 radical (unpaired) electrons. The number of thioether (sulfide) groups is 1. The maximum absolute atomic E-state index is 12.2. The lowest BCUT2D eigenvalue weighted by Crippen LogP contribution is -2.12. The van der Waals surface area contributed by atoms with Gasteiger partial charge in [-0.15, -0.1) is 11.8 Å². The first-order valence-corrected chi connectivity index (χ1v) is 5.46. The second-order valence-corrected chi connectivity index (χ2v) is 3.85. The molecule has 0 saturated carbocycles. The molecule has 1 nitrogen and oxygen atoms in total. The van der Waals surface area contributed by atoms with E-state index in [-0.39, 0.29) is 5.56 Å². The summed E-state index contributed by atoms with van der Waals surface area (Å²) in [5, 5.41) is 0. The predicted octanol–water partition coefficient (Wildman–Crippen LogP) is 3.52. The molecule has 84 valence electrons. The Morgan fingerprint density at radius 2 is 2.00 bits per heavy atom. The largest absolute Gasteiger partial charge is 0.496 e. The number of hydrogen-bond acceptors (Lipinski definition) is 2. The van der Waals surface area contributed by atoms with Gasteiger partial charge in [-0.25, -0.2) is 0 Å². The molecule has 0 aliphatic rings. The SMILES string of the molecule is COc1cc(SC)ccc1CC(F)(F)F. The molecule has 0 aliphatic carbocycles. The van der Waals surface area contributed by atoms with Gasteiger partial charge in [-0.3, -0.25) is 0 Å². The second-order valence-electron chi connectivity index (χ2n) is 2.97. The van der Waals surface area contributed by atoms with Crippen molar-refractivity contribution in [2.75, 3.05) is 13.4 Å². The number of hydrogen-bond donors (Lipinski definition) is 0. The Hall–Kier alpha value is -0.840. The smallest absolute Gasteiger partial charge is 0.393 e. The van der Waals surface area contributed by atoms with Gasteiger partial charge in [0.25, 0.3) is 0 Å². The molecule has 0 N–H and O–H groups in total. The third-order valence-electron chi connectivity index (χ3n) is 1.89. The number of methoxy groups -OCH3 is 1. The Bertz CT molecular complexity index is 336. The van der Waals surface area contributed by atoms with E-state index in [2.05, 4.69) is 0 Å². The monoisotopic (exact) mass is 236 g/mol. The van der Waals surface area contributed by atoms with Gasteiger partial charge < -0.3 is 4.74 Å². The normalized spacial score (nSPS) is 11.5. The zero-order chi connectivity index (χ0) is 11.5. The first kappa shape index (κ1) is 12.2. The quantitative estimate of drug-likeness (QED) is 0.742. The molecule has 1 rings (SSSR count). The summed E-state index contributed by atoms with van der Waals surface area (Å²) in [4.78, 5) is 0.887. The summed E-state index contributed by atoms with van der Waals surface area (Å²) >= 11 is 1.46. The van der Waals surface area contributed by atoms with Crippen LogP contribution in [0.5, 0.6) is 5.75 Å². The van der Waals surface area contributed by atoms with Crippen LogP contribution in [0.4, 0.5) is 13.2 Å². The van der Waals surface area contributed by atoms with Crippen molar-refractivity contribution in [2.24, 2.45) is 0 Å². The van der Waals surface area contributed by atoms with Gasteiger partial charge in [0, 0.05) is 10.5 Å². The number of alkyl halides is 3. The van der Waals surface area contributed by atoms with Gasteiger partial charge in [0.2, 0.25) is 0 Å². The van der Waals surface area contributed by atoms with Crippen molar-refractivity contribution in [3.63, 3.8) is 0 Å². The molecule has 0 amide bonds. The number of ether oxygens (including phenoxy) is 1. The van der Waals surface area contributed by atoms with Crippen LogP contribution in [0.3, 0.4) is 0 Å². The van der Waals surface area contributed by atoms with E-state index in [4.69, 9.17) is 4.74 Å². The van der Waals surface area contributed by atoms with Crippen molar-refractivity contribution in [3.8, 4) is 5.75 Å². The summed E-state index contributed by atoms with van der Waals surface area (Å²) < 4.78 is 41.5. The number of rotatable bonds is 3. The van der Waals surface area contributed by atoms with Crippen LogP contribution in [0.15, 0.2) is 23.1 Å². The molecule has 1 aromatic rings. The molecule has 0 unspecified atom stereocenters. The van der Waals surface area contributed by atoms with Gasteiger partial charge in [-0.1, -0.05) is 6.07 Å². The first-order chi connectivity index (χ1) is 6.96. The first-order valence-electron chi connectivity index (χ1n) is 4.24. The van der Waals surface area contributed by atoms with Crippen molar-refractivity contribution in [2.45, 2.75) is 17.5 Å². The van der Waals surface area contributed by atoms with E-state index in [0.717, 1.165) is 4.90 Å². The predicted molar refractivity (Wildman–Crippen MR) is 54.5 cm³/mol. The molecule has 0 saturated heterocycles. The Balaban J connectivity index is 2.97. The Kier molecular flexibility index (Phi) is 3.90. The van der Waals surface area contributed by atoms with E-state index >= 15 is 0 Å². The van der Waals surface area contributed by atoms with E-state index in [1.807, 2.05) is 6.26 Å². The lowest BCUT2D eigenvalue weighted by atomic mass is 10.1. The Morgan fingerprint density at radius 1 is 1.33 bits per heavy atom. The average Bonchev–Trinajstić information content (AvgIpc) is 2.16. The molecule has 0 fully saturated rings. The van der Waals surface area contributed by atoms with Crippen molar-refractivity contribution < 1.29 is 17.9 Å². The highest BCUT2D eigenvalue weighted by molar-refractivity contribution is 7.98. The van der Waals surface area contributed by atoms with E-state index in [0.29, 0.717) is 5.75 Å². The van der Waals surface area contributed by atoms with Gasteiger partial charge >= 0.3 is 6.18 Å². The molecular weight excluding hydrogens is 225 g/mol. The fourth-order valence-corrected chi connectivity index (χ4v) is 1.64. The van der Waals surface area contributed by atoms with Gasteiger partial charge in [0.15, 0.2) is 0 Å². The maximum atomic E-state index is 12.2. The minimum atomic E-state index is -4.20. The maximum Gasteiger partial charge on any atom is 0.393 e. The van der Waals surface area contributed by atoms with Gasteiger partial charge in [-0.05, 0) is 18.4 Å². The van der Waals surface area contributed by atoms with E-state index in [9.17, 15) is 13.2 Å².